The van der Waals surface area contributed by atoms with Crippen LogP contribution in [0.5, 0.6) is 0 Å². The number of nitrogens with zero attached hydrogens (tertiary/aromatic N) is 2. The number of hydrogen-bond donors (Lipinski definition) is 10. The van der Waals surface area contributed by atoms with E-state index in [9.17, 15) is 38.4 Å². The first-order valence-electron chi connectivity index (χ1n) is 23.5. The number of rotatable bonds is 29. The monoisotopic (exact) mass is 947 g/mol. The fourth-order valence-corrected chi connectivity index (χ4v) is 7.41. The van der Waals surface area contributed by atoms with Crippen LogP contribution in [-0.2, 0) is 57.6 Å². The molecule has 374 valence electrons. The number of carbonyl (C=O) groups excluding carboxylic acids is 8. The van der Waals surface area contributed by atoms with Crippen LogP contribution in [0.25, 0.3) is 0 Å². The molecule has 7 atom stereocenters. The average molecular weight is 947 g/mol. The van der Waals surface area contributed by atoms with Crippen LogP contribution in [0.4, 0.5) is 0 Å². The second-order valence-corrected chi connectivity index (χ2v) is 19.1. The van der Waals surface area contributed by atoms with E-state index < -0.39 is 83.6 Å². The Hall–Kier alpha value is -6.60. The Morgan fingerprint density at radius 1 is 0.485 bits per heavy atom. The van der Waals surface area contributed by atoms with Crippen molar-refractivity contribution >= 4 is 47.3 Å². The molecule has 2 heterocycles. The third kappa shape index (κ3) is 20.1. The normalized spacial score (nSPS) is 14.5. The van der Waals surface area contributed by atoms with Gasteiger partial charge in [-0.05, 0) is 68.3 Å². The van der Waals surface area contributed by atoms with Crippen molar-refractivity contribution < 1.29 is 38.4 Å². The molecule has 3 aromatic rings. The standard InChI is InChI=1S/C48H74N12O8/c1-27(2)17-35(42(49)62)56-45(65)37(19-29(5)6)59-48(68)40(22-34-24-51-26-53-34)60-47(67)38(20-30(7)8)58-46(66)36(18-28(3)4)57-43(63)31(9)54-44(64)39(21-33-23-50-25-52-33)55-41(61)16-15-32-13-11-10-12-14-32/h10-14,23-31,35-40H,15-22H2,1-9H3,(H2,49,62)(H,50,52)(H,51,53)(H,54,64)(H,55,61)(H,56,65)(H,57,63)(H,58,66)(H,59,68)(H,60,67)/t31-,35-,36-,37-,38-,39-,40-/m0/s1. The van der Waals surface area contributed by atoms with Crippen molar-refractivity contribution in [3.05, 3.63) is 72.3 Å². The summed E-state index contributed by atoms with van der Waals surface area (Å²) in [5.74, 6) is -5.24. The number of imidazole rings is 2. The van der Waals surface area contributed by atoms with Crippen LogP contribution in [0, 0.1) is 23.7 Å². The number of benzene rings is 1. The summed E-state index contributed by atoms with van der Waals surface area (Å²) in [5, 5.41) is 19.2. The topological polar surface area (TPSA) is 304 Å². The van der Waals surface area contributed by atoms with E-state index in [0.717, 1.165) is 5.56 Å². The van der Waals surface area contributed by atoms with Crippen LogP contribution in [0.1, 0.15) is 111 Å². The van der Waals surface area contributed by atoms with Gasteiger partial charge in [0, 0.05) is 43.0 Å². The van der Waals surface area contributed by atoms with Gasteiger partial charge in [0.2, 0.25) is 47.3 Å². The first-order chi connectivity index (χ1) is 32.1. The van der Waals surface area contributed by atoms with Crippen molar-refractivity contribution in [1.29, 1.82) is 0 Å². The fourth-order valence-electron chi connectivity index (χ4n) is 7.41. The van der Waals surface area contributed by atoms with Gasteiger partial charge in [0.1, 0.15) is 42.3 Å². The Balaban J connectivity index is 1.77. The number of nitrogens with one attached hydrogen (secondary N) is 9. The van der Waals surface area contributed by atoms with E-state index >= 15 is 0 Å². The summed E-state index contributed by atoms with van der Waals surface area (Å²) in [7, 11) is 0. The predicted octanol–water partition coefficient (Wildman–Crippen LogP) is 1.63. The highest BCUT2D eigenvalue weighted by Gasteiger charge is 2.34. The zero-order valence-corrected chi connectivity index (χ0v) is 40.9. The van der Waals surface area contributed by atoms with Crippen molar-refractivity contribution in [2.24, 2.45) is 29.4 Å². The van der Waals surface area contributed by atoms with E-state index in [1.165, 1.54) is 32.0 Å². The lowest BCUT2D eigenvalue weighted by molar-refractivity contribution is -0.136. The Morgan fingerprint density at radius 3 is 1.26 bits per heavy atom. The Bertz CT molecular complexity index is 2080. The van der Waals surface area contributed by atoms with E-state index in [2.05, 4.69) is 57.2 Å². The average Bonchev–Trinajstić information content (AvgIpc) is 3.99. The van der Waals surface area contributed by atoms with Crippen LogP contribution in [0.3, 0.4) is 0 Å². The third-order valence-corrected chi connectivity index (χ3v) is 10.9. The van der Waals surface area contributed by atoms with E-state index in [4.69, 9.17) is 5.73 Å². The van der Waals surface area contributed by atoms with Crippen LogP contribution in [0.2, 0.25) is 0 Å². The number of carbonyl (C=O) groups is 8. The quantitative estimate of drug-likeness (QED) is 0.0480. The molecule has 0 aliphatic rings. The smallest absolute Gasteiger partial charge is 0.243 e. The fraction of sp³-hybridized carbons (Fsp3) is 0.583. The lowest BCUT2D eigenvalue weighted by atomic mass is 9.98. The Kier molecular flexibility index (Phi) is 22.9. The van der Waals surface area contributed by atoms with Crippen molar-refractivity contribution in [3.8, 4) is 0 Å². The molecule has 0 saturated carbocycles. The Labute approximate surface area is 399 Å². The zero-order chi connectivity index (χ0) is 50.5. The molecule has 0 bridgehead atoms. The maximum Gasteiger partial charge on any atom is 0.243 e. The molecule has 68 heavy (non-hydrogen) atoms. The van der Waals surface area contributed by atoms with Crippen LogP contribution in [-0.4, -0.2) is 109 Å². The second-order valence-electron chi connectivity index (χ2n) is 19.1. The number of H-pyrrole nitrogens is 2. The lowest BCUT2D eigenvalue weighted by Gasteiger charge is -2.28. The summed E-state index contributed by atoms with van der Waals surface area (Å²) >= 11 is 0. The van der Waals surface area contributed by atoms with Crippen LogP contribution in [0.15, 0.2) is 55.4 Å². The maximum absolute atomic E-state index is 14.2. The molecule has 0 unspecified atom stereocenters. The van der Waals surface area contributed by atoms with Gasteiger partial charge in [-0.2, -0.15) is 0 Å². The third-order valence-electron chi connectivity index (χ3n) is 10.9. The first kappa shape index (κ1) is 55.7. The summed E-state index contributed by atoms with van der Waals surface area (Å²) < 4.78 is 0. The van der Waals surface area contributed by atoms with E-state index in [1.54, 1.807) is 0 Å². The molecule has 11 N–H and O–H groups in total. The molecule has 20 heteroatoms. The number of amides is 8. The largest absolute Gasteiger partial charge is 0.368 e. The van der Waals surface area contributed by atoms with Gasteiger partial charge in [-0.25, -0.2) is 9.97 Å². The minimum atomic E-state index is -1.25. The summed E-state index contributed by atoms with van der Waals surface area (Å²) in [6, 6.07) is 1.65. The van der Waals surface area contributed by atoms with Gasteiger partial charge in [-0.3, -0.25) is 38.4 Å². The number of aryl methyl sites for hydroxylation is 1. The predicted molar refractivity (Wildman–Crippen MR) is 256 cm³/mol. The van der Waals surface area contributed by atoms with Gasteiger partial charge in [0.15, 0.2) is 0 Å². The molecule has 0 fully saturated rings. The molecule has 8 amide bonds. The number of nitrogens with two attached hydrogens (primary N) is 1. The molecule has 0 spiro atoms. The SMILES string of the molecule is CC(C)C[C@H](NC(=O)[C@H](CC(C)C)NC(=O)[C@H](Cc1cnc[nH]1)NC(=O)[C@H](CC(C)C)NC(=O)[C@H](CC(C)C)NC(=O)[C@H](C)NC(=O)[C@H](Cc1cnc[nH]1)NC(=O)CCc1ccccc1)C(N)=O. The second kappa shape index (κ2) is 27.9. The number of aromatic amines is 2. The maximum atomic E-state index is 14.2. The molecule has 0 aliphatic heterocycles. The summed E-state index contributed by atoms with van der Waals surface area (Å²) in [6.45, 7) is 16.4. The minimum Gasteiger partial charge on any atom is -0.368 e. The summed E-state index contributed by atoms with van der Waals surface area (Å²) in [6.07, 6.45) is 7.35. The number of primary amides is 1. The minimum absolute atomic E-state index is 0.0434. The highest BCUT2D eigenvalue weighted by molar-refractivity contribution is 5.97. The van der Waals surface area contributed by atoms with Crippen molar-refractivity contribution in [2.75, 3.05) is 0 Å². The molecule has 20 nitrogen and oxygen atoms in total. The molecule has 0 saturated heterocycles. The van der Waals surface area contributed by atoms with Crippen molar-refractivity contribution in [1.82, 2.24) is 57.2 Å². The van der Waals surface area contributed by atoms with Crippen molar-refractivity contribution in [2.45, 2.75) is 156 Å². The van der Waals surface area contributed by atoms with Gasteiger partial charge < -0.3 is 52.9 Å². The molecule has 3 rings (SSSR count). The van der Waals surface area contributed by atoms with Crippen LogP contribution >= 0.6 is 0 Å². The lowest BCUT2D eigenvalue weighted by Crippen LogP contribution is -2.60. The van der Waals surface area contributed by atoms with E-state index in [0.29, 0.717) is 24.2 Å². The van der Waals surface area contributed by atoms with Gasteiger partial charge in [-0.15, -0.1) is 0 Å². The highest BCUT2D eigenvalue weighted by atomic mass is 16.2. The van der Waals surface area contributed by atoms with Crippen LogP contribution < -0.4 is 43.0 Å². The Morgan fingerprint density at radius 2 is 0.853 bits per heavy atom. The highest BCUT2D eigenvalue weighted by Crippen LogP contribution is 2.13. The summed E-state index contributed by atoms with van der Waals surface area (Å²) in [5.41, 5.74) is 7.65. The van der Waals surface area contributed by atoms with Gasteiger partial charge in [0.25, 0.3) is 0 Å². The number of hydrogen-bond acceptors (Lipinski definition) is 10. The molecule has 1 aromatic carbocycles. The van der Waals surface area contributed by atoms with Gasteiger partial charge in [0.05, 0.1) is 12.7 Å². The van der Waals surface area contributed by atoms with E-state index in [1.807, 2.05) is 85.7 Å². The van der Waals surface area contributed by atoms with Gasteiger partial charge in [-0.1, -0.05) is 85.7 Å². The molecule has 0 aliphatic carbocycles. The summed E-state index contributed by atoms with van der Waals surface area (Å²) in [4.78, 5) is 122. The van der Waals surface area contributed by atoms with Gasteiger partial charge >= 0.3 is 0 Å². The molecule has 2 aromatic heterocycles. The first-order valence-corrected chi connectivity index (χ1v) is 23.5. The molecule has 0 radical (unpaired) electrons. The van der Waals surface area contributed by atoms with Crippen molar-refractivity contribution in [3.63, 3.8) is 0 Å². The molecular formula is C48H74N12O8. The molecular weight excluding hydrogens is 873 g/mol. The zero-order valence-electron chi connectivity index (χ0n) is 40.9. The van der Waals surface area contributed by atoms with E-state index in [-0.39, 0.29) is 68.1 Å². The number of aromatic nitrogens is 4.